The van der Waals surface area contributed by atoms with E-state index in [0.717, 1.165) is 26.2 Å². The van der Waals surface area contributed by atoms with Gasteiger partial charge < -0.3 is 5.32 Å². The third kappa shape index (κ3) is 5.94. The minimum absolute atomic E-state index is 0.708. The van der Waals surface area contributed by atoms with Crippen LogP contribution in [-0.2, 0) is 13.1 Å². The summed E-state index contributed by atoms with van der Waals surface area (Å²) in [5.41, 5.74) is 1.21. The van der Waals surface area contributed by atoms with E-state index >= 15 is 0 Å². The Kier molecular flexibility index (Phi) is 6.82. The van der Waals surface area contributed by atoms with Crippen LogP contribution in [0.15, 0.2) is 5.38 Å². The number of nitrogens with one attached hydrogen (secondary N) is 1. The predicted molar refractivity (Wildman–Crippen MR) is 79.8 cm³/mol. The summed E-state index contributed by atoms with van der Waals surface area (Å²) in [7, 11) is 1.96. The quantitative estimate of drug-likeness (QED) is 0.786. The van der Waals surface area contributed by atoms with E-state index in [1.165, 1.54) is 10.7 Å². The Bertz CT molecular complexity index is 324. The second-order valence-electron chi connectivity index (χ2n) is 5.74. The van der Waals surface area contributed by atoms with Gasteiger partial charge in [0.1, 0.15) is 5.01 Å². The van der Waals surface area contributed by atoms with Gasteiger partial charge in [0.15, 0.2) is 0 Å². The Balaban J connectivity index is 2.57. The van der Waals surface area contributed by atoms with E-state index in [0.29, 0.717) is 11.8 Å². The molecule has 4 heteroatoms. The minimum Gasteiger partial charge on any atom is -0.314 e. The number of hydrogen-bond donors (Lipinski definition) is 1. The third-order valence-electron chi connectivity index (χ3n) is 2.56. The molecule has 1 heterocycles. The first-order valence-electron chi connectivity index (χ1n) is 6.81. The SMILES string of the molecule is CNCc1nc(CN(CC(C)C)CC(C)C)cs1. The highest BCUT2D eigenvalue weighted by molar-refractivity contribution is 7.09. The molecular formula is C14H27N3S. The minimum atomic E-state index is 0.708. The van der Waals surface area contributed by atoms with Gasteiger partial charge in [-0.25, -0.2) is 4.98 Å². The number of hydrogen-bond acceptors (Lipinski definition) is 4. The van der Waals surface area contributed by atoms with Crippen LogP contribution in [-0.4, -0.2) is 30.0 Å². The lowest BCUT2D eigenvalue weighted by atomic mass is 10.1. The van der Waals surface area contributed by atoms with Crippen LogP contribution in [0.4, 0.5) is 0 Å². The smallest absolute Gasteiger partial charge is 0.107 e. The highest BCUT2D eigenvalue weighted by Crippen LogP contribution is 2.14. The molecule has 104 valence electrons. The highest BCUT2D eigenvalue weighted by Gasteiger charge is 2.12. The lowest BCUT2D eigenvalue weighted by Crippen LogP contribution is -2.31. The van der Waals surface area contributed by atoms with Crippen molar-refractivity contribution in [1.82, 2.24) is 15.2 Å². The average Bonchev–Trinajstić information content (AvgIpc) is 2.64. The van der Waals surface area contributed by atoms with Gasteiger partial charge in [-0.2, -0.15) is 0 Å². The second-order valence-corrected chi connectivity index (χ2v) is 6.69. The molecule has 0 aliphatic carbocycles. The molecule has 0 atom stereocenters. The van der Waals surface area contributed by atoms with Crippen molar-refractivity contribution in [3.8, 4) is 0 Å². The first-order chi connectivity index (χ1) is 8.51. The van der Waals surface area contributed by atoms with Crippen molar-refractivity contribution in [3.05, 3.63) is 16.1 Å². The van der Waals surface area contributed by atoms with E-state index in [9.17, 15) is 0 Å². The monoisotopic (exact) mass is 269 g/mol. The Morgan fingerprint density at radius 1 is 1.22 bits per heavy atom. The van der Waals surface area contributed by atoms with Crippen molar-refractivity contribution in [3.63, 3.8) is 0 Å². The Morgan fingerprint density at radius 3 is 2.33 bits per heavy atom. The largest absolute Gasteiger partial charge is 0.314 e. The lowest BCUT2D eigenvalue weighted by Gasteiger charge is -2.25. The standard InChI is InChI=1S/C14H27N3S/c1-11(2)7-17(8-12(3)4)9-13-10-18-14(16-13)6-15-5/h10-12,15H,6-9H2,1-5H3. The number of thiazole rings is 1. The van der Waals surface area contributed by atoms with Gasteiger partial charge in [0.25, 0.3) is 0 Å². The first-order valence-corrected chi connectivity index (χ1v) is 7.69. The van der Waals surface area contributed by atoms with E-state index in [1.54, 1.807) is 11.3 Å². The summed E-state index contributed by atoms with van der Waals surface area (Å²) in [6, 6.07) is 0. The van der Waals surface area contributed by atoms with Crippen LogP contribution >= 0.6 is 11.3 Å². The van der Waals surface area contributed by atoms with Crippen molar-refractivity contribution in [2.45, 2.75) is 40.8 Å². The van der Waals surface area contributed by atoms with Crippen molar-refractivity contribution >= 4 is 11.3 Å². The molecular weight excluding hydrogens is 242 g/mol. The molecule has 0 unspecified atom stereocenters. The zero-order chi connectivity index (χ0) is 13.5. The van der Waals surface area contributed by atoms with Crippen LogP contribution in [0.3, 0.4) is 0 Å². The molecule has 0 aromatic carbocycles. The Morgan fingerprint density at radius 2 is 1.83 bits per heavy atom. The van der Waals surface area contributed by atoms with Crippen molar-refractivity contribution < 1.29 is 0 Å². The van der Waals surface area contributed by atoms with Gasteiger partial charge in [-0.05, 0) is 18.9 Å². The van der Waals surface area contributed by atoms with E-state index in [-0.39, 0.29) is 0 Å². The summed E-state index contributed by atoms with van der Waals surface area (Å²) in [4.78, 5) is 7.19. The number of rotatable bonds is 8. The number of nitrogens with zero attached hydrogens (tertiary/aromatic N) is 2. The maximum absolute atomic E-state index is 4.67. The molecule has 1 aromatic heterocycles. The first kappa shape index (κ1) is 15.6. The molecule has 3 nitrogen and oxygen atoms in total. The molecule has 0 aliphatic heterocycles. The van der Waals surface area contributed by atoms with Crippen LogP contribution in [0.1, 0.15) is 38.4 Å². The third-order valence-corrected chi connectivity index (χ3v) is 3.46. The summed E-state index contributed by atoms with van der Waals surface area (Å²) in [5, 5.41) is 6.53. The summed E-state index contributed by atoms with van der Waals surface area (Å²) in [6.45, 7) is 13.3. The molecule has 0 bridgehead atoms. The summed E-state index contributed by atoms with van der Waals surface area (Å²) in [6.07, 6.45) is 0. The normalized spacial score (nSPS) is 12.0. The predicted octanol–water partition coefficient (Wildman–Crippen LogP) is 2.98. The Hall–Kier alpha value is -0.450. The maximum Gasteiger partial charge on any atom is 0.107 e. The van der Waals surface area contributed by atoms with E-state index in [1.807, 2.05) is 7.05 Å². The molecule has 0 amide bonds. The van der Waals surface area contributed by atoms with E-state index in [4.69, 9.17) is 0 Å². The van der Waals surface area contributed by atoms with Crippen molar-refractivity contribution in [2.24, 2.45) is 11.8 Å². The van der Waals surface area contributed by atoms with Crippen LogP contribution < -0.4 is 5.32 Å². The van der Waals surface area contributed by atoms with Gasteiger partial charge in [-0.1, -0.05) is 27.7 Å². The molecule has 1 rings (SSSR count). The van der Waals surface area contributed by atoms with Crippen LogP contribution in [0.25, 0.3) is 0 Å². The van der Waals surface area contributed by atoms with Crippen LogP contribution in [0.5, 0.6) is 0 Å². The summed E-state index contributed by atoms with van der Waals surface area (Å²) >= 11 is 1.75. The number of aromatic nitrogens is 1. The zero-order valence-electron chi connectivity index (χ0n) is 12.4. The lowest BCUT2D eigenvalue weighted by molar-refractivity contribution is 0.209. The fourth-order valence-corrected chi connectivity index (χ4v) is 2.92. The summed E-state index contributed by atoms with van der Waals surface area (Å²) in [5.74, 6) is 1.42. The fourth-order valence-electron chi connectivity index (χ4n) is 2.12. The maximum atomic E-state index is 4.67. The van der Waals surface area contributed by atoms with Gasteiger partial charge in [0.2, 0.25) is 0 Å². The molecule has 0 fully saturated rings. The second kappa shape index (κ2) is 7.87. The average molecular weight is 269 g/mol. The van der Waals surface area contributed by atoms with E-state index in [2.05, 4.69) is 48.3 Å². The van der Waals surface area contributed by atoms with Crippen LogP contribution in [0.2, 0.25) is 0 Å². The molecule has 0 aliphatic rings. The highest BCUT2D eigenvalue weighted by atomic mass is 32.1. The molecule has 0 spiro atoms. The van der Waals surface area contributed by atoms with Crippen molar-refractivity contribution in [1.29, 1.82) is 0 Å². The summed E-state index contributed by atoms with van der Waals surface area (Å²) < 4.78 is 0. The van der Waals surface area contributed by atoms with Gasteiger partial charge in [-0.3, -0.25) is 4.90 Å². The van der Waals surface area contributed by atoms with Gasteiger partial charge in [0, 0.05) is 31.6 Å². The van der Waals surface area contributed by atoms with Crippen LogP contribution in [0, 0.1) is 11.8 Å². The molecule has 18 heavy (non-hydrogen) atoms. The molecule has 0 radical (unpaired) electrons. The zero-order valence-corrected chi connectivity index (χ0v) is 13.2. The van der Waals surface area contributed by atoms with Gasteiger partial charge >= 0.3 is 0 Å². The van der Waals surface area contributed by atoms with Crippen molar-refractivity contribution in [2.75, 3.05) is 20.1 Å². The van der Waals surface area contributed by atoms with E-state index < -0.39 is 0 Å². The molecule has 0 saturated carbocycles. The topological polar surface area (TPSA) is 28.2 Å². The molecule has 1 aromatic rings. The fraction of sp³-hybridized carbons (Fsp3) is 0.786. The molecule has 1 N–H and O–H groups in total. The Labute approximate surface area is 116 Å². The molecule has 0 saturated heterocycles. The van der Waals surface area contributed by atoms with Gasteiger partial charge in [0.05, 0.1) is 5.69 Å². The van der Waals surface area contributed by atoms with Gasteiger partial charge in [-0.15, -0.1) is 11.3 Å².